The number of hydrogen-bond acceptors (Lipinski definition) is 17. The summed E-state index contributed by atoms with van der Waals surface area (Å²) >= 11 is 2.00. The highest BCUT2D eigenvalue weighted by Crippen LogP contribution is 2.59. The van der Waals surface area contributed by atoms with Crippen LogP contribution >= 0.6 is 23.5 Å². The molecule has 0 N–H and O–H groups in total. The van der Waals surface area contributed by atoms with Crippen LogP contribution in [-0.4, -0.2) is 62.9 Å². The first-order valence-corrected chi connectivity index (χ1v) is 18.6. The molecule has 58 heavy (non-hydrogen) atoms. The summed E-state index contributed by atoms with van der Waals surface area (Å²) in [6.45, 7) is 15.0. The van der Waals surface area contributed by atoms with Crippen molar-refractivity contribution in [3.63, 3.8) is 0 Å². The van der Waals surface area contributed by atoms with Gasteiger partial charge in [0.1, 0.15) is 17.2 Å². The Hall–Kier alpha value is -6.86. The molecule has 0 amide bonds. The fourth-order valence-electron chi connectivity index (χ4n) is 4.51. The molecule has 0 bridgehead atoms. The molecule has 1 heterocycles. The van der Waals surface area contributed by atoms with Crippen LogP contribution in [0.4, 0.5) is 4.79 Å². The number of unbranched alkanes of at least 4 members (excludes halogenated alkanes) is 2. The van der Waals surface area contributed by atoms with Crippen molar-refractivity contribution in [1.82, 2.24) is 0 Å². The van der Waals surface area contributed by atoms with Crippen LogP contribution in [-0.2, 0) is 38.4 Å². The maximum absolute atomic E-state index is 13.2. The predicted octanol–water partition coefficient (Wildman–Crippen LogP) is 7.40. The SMILES string of the molecule is [C-]#[N+]/C(C#N)=C1/Sc2c(OC(=O)c3ccc(OC(=O)OCCCCOC(=O)C=C)cc3)ccc(OC(=O)c3ccc(C(=C)C(=O)OCCCCOOC=O)cc3)c2S1. The van der Waals surface area contributed by atoms with E-state index in [1.165, 1.54) is 60.7 Å². The van der Waals surface area contributed by atoms with E-state index in [1.807, 2.05) is 6.07 Å². The maximum Gasteiger partial charge on any atom is 0.513 e. The minimum Gasteiger partial charge on any atom is -0.463 e. The summed E-state index contributed by atoms with van der Waals surface area (Å²) in [5, 5.41) is 9.52. The third-order valence-corrected chi connectivity index (χ3v) is 9.99. The largest absolute Gasteiger partial charge is 0.513 e. The Morgan fingerprint density at radius 1 is 0.724 bits per heavy atom. The van der Waals surface area contributed by atoms with E-state index in [0.717, 1.165) is 29.6 Å². The number of fused-ring (bicyclic) bond motifs is 1. The first-order chi connectivity index (χ1) is 28.1. The number of carbonyl (C=O) groups excluding carboxylic acids is 6. The van der Waals surface area contributed by atoms with Crippen LogP contribution in [0.5, 0.6) is 17.2 Å². The number of thioether (sulfide) groups is 2. The van der Waals surface area contributed by atoms with Crippen LogP contribution in [0.2, 0.25) is 0 Å². The van der Waals surface area contributed by atoms with E-state index in [1.54, 1.807) is 0 Å². The summed E-state index contributed by atoms with van der Waals surface area (Å²) in [7, 11) is 0. The molecule has 18 heteroatoms. The minimum absolute atomic E-state index is 0.0296. The highest BCUT2D eigenvalue weighted by Gasteiger charge is 2.30. The second kappa shape index (κ2) is 22.6. The van der Waals surface area contributed by atoms with Gasteiger partial charge in [-0.05, 0) is 79.8 Å². The zero-order chi connectivity index (χ0) is 41.9. The lowest BCUT2D eigenvalue weighted by atomic mass is 10.1. The Morgan fingerprint density at radius 2 is 1.24 bits per heavy atom. The van der Waals surface area contributed by atoms with Crippen LogP contribution in [0.1, 0.15) is 52.0 Å². The number of allylic oxidation sites excluding steroid dienone is 1. The third-order valence-electron chi connectivity index (χ3n) is 7.38. The van der Waals surface area contributed by atoms with Crippen molar-refractivity contribution in [3.05, 3.63) is 118 Å². The van der Waals surface area contributed by atoms with Gasteiger partial charge >= 0.3 is 36.5 Å². The molecular formula is C40H32N2O14S2. The fourth-order valence-corrected chi connectivity index (χ4v) is 6.98. The molecule has 0 atom stereocenters. The van der Waals surface area contributed by atoms with Crippen molar-refractivity contribution >= 4 is 65.6 Å². The molecule has 0 aliphatic carbocycles. The van der Waals surface area contributed by atoms with Gasteiger partial charge in [0.05, 0.1) is 69.8 Å². The summed E-state index contributed by atoms with van der Waals surface area (Å²) in [4.78, 5) is 84.6. The Bertz CT molecular complexity index is 2150. The molecule has 0 aromatic heterocycles. The average molecular weight is 829 g/mol. The van der Waals surface area contributed by atoms with Crippen LogP contribution in [0.15, 0.2) is 99.6 Å². The summed E-state index contributed by atoms with van der Waals surface area (Å²) in [6, 6.07) is 16.0. The van der Waals surface area contributed by atoms with Crippen LogP contribution < -0.4 is 14.2 Å². The predicted molar refractivity (Wildman–Crippen MR) is 205 cm³/mol. The van der Waals surface area contributed by atoms with Gasteiger partial charge in [0.25, 0.3) is 5.70 Å². The van der Waals surface area contributed by atoms with Gasteiger partial charge in [-0.15, -0.1) is 0 Å². The van der Waals surface area contributed by atoms with Crippen LogP contribution in [0.3, 0.4) is 0 Å². The zero-order valence-electron chi connectivity index (χ0n) is 30.4. The Labute approximate surface area is 340 Å². The van der Waals surface area contributed by atoms with Crippen LogP contribution in [0.25, 0.3) is 10.4 Å². The number of esters is 4. The normalized spacial score (nSPS) is 12.0. The first-order valence-electron chi connectivity index (χ1n) is 17.0. The maximum atomic E-state index is 13.2. The van der Waals surface area contributed by atoms with Crippen molar-refractivity contribution in [2.45, 2.75) is 35.5 Å². The molecule has 0 saturated heterocycles. The molecule has 0 radical (unpaired) electrons. The molecular weight excluding hydrogens is 797 g/mol. The first kappa shape index (κ1) is 43.9. The summed E-state index contributed by atoms with van der Waals surface area (Å²) in [6.07, 6.45) is 1.91. The molecule has 1 aliphatic heterocycles. The topological polar surface area (TPSA) is 204 Å². The molecule has 3 aromatic carbocycles. The molecule has 16 nitrogen and oxygen atoms in total. The van der Waals surface area contributed by atoms with E-state index in [9.17, 15) is 34.0 Å². The molecule has 4 rings (SSSR count). The lowest BCUT2D eigenvalue weighted by Gasteiger charge is -2.12. The molecule has 0 unspecified atom stereocenters. The van der Waals surface area contributed by atoms with Crippen LogP contribution in [0, 0.1) is 17.9 Å². The van der Waals surface area contributed by atoms with Crippen molar-refractivity contribution < 1.29 is 67.0 Å². The average Bonchev–Trinajstić information content (AvgIpc) is 3.69. The zero-order valence-corrected chi connectivity index (χ0v) is 32.1. The van der Waals surface area contributed by atoms with Gasteiger partial charge in [-0.2, -0.15) is 4.89 Å². The van der Waals surface area contributed by atoms with Crippen molar-refractivity contribution in [2.75, 3.05) is 26.4 Å². The Morgan fingerprint density at radius 3 is 1.78 bits per heavy atom. The lowest BCUT2D eigenvalue weighted by Crippen LogP contribution is -2.13. The van der Waals surface area contributed by atoms with Gasteiger partial charge in [0, 0.05) is 6.08 Å². The molecule has 298 valence electrons. The summed E-state index contributed by atoms with van der Waals surface area (Å²) < 4.78 is 31.8. The van der Waals surface area contributed by atoms with E-state index in [2.05, 4.69) is 27.8 Å². The summed E-state index contributed by atoms with van der Waals surface area (Å²) in [5.74, 6) is -2.53. The van der Waals surface area contributed by atoms with E-state index in [4.69, 9.17) is 35.0 Å². The molecule has 3 aromatic rings. The lowest BCUT2D eigenvalue weighted by molar-refractivity contribution is -0.259. The van der Waals surface area contributed by atoms with Gasteiger partial charge in [0.2, 0.25) is 0 Å². The number of carbonyl (C=O) groups is 6. The van der Waals surface area contributed by atoms with Gasteiger partial charge in [-0.25, -0.2) is 34.1 Å². The number of hydrogen-bond donors (Lipinski definition) is 0. The smallest absolute Gasteiger partial charge is 0.463 e. The van der Waals surface area contributed by atoms with Crippen molar-refractivity contribution in [1.29, 1.82) is 5.26 Å². The molecule has 0 saturated carbocycles. The number of ether oxygens (including phenoxy) is 6. The van der Waals surface area contributed by atoms with E-state index in [0.29, 0.717) is 41.0 Å². The van der Waals surface area contributed by atoms with Crippen molar-refractivity contribution in [3.8, 4) is 23.3 Å². The summed E-state index contributed by atoms with van der Waals surface area (Å²) in [5.41, 5.74) is 0.470. The van der Waals surface area contributed by atoms with E-state index in [-0.39, 0.29) is 76.8 Å². The third kappa shape index (κ3) is 12.8. The number of benzene rings is 3. The van der Waals surface area contributed by atoms with Gasteiger partial charge in [-0.3, -0.25) is 4.79 Å². The number of nitriles is 1. The standard InChI is InChI=1S/C40H32N2O14S2/c1-4-33(44)49-19-5-6-21-51-40(48)54-29-15-13-28(14-16-29)38(47)56-32-18-17-31(34-35(32)58-39(57-34)30(23-41)42-3)55-37(46)27-11-9-26(10-12-27)25(2)36(45)50-20-7-8-22-52-53-24-43/h4,9-18,24H,1-2,5-8,19-22H2/b39-30+. The van der Waals surface area contributed by atoms with Gasteiger partial charge < -0.3 is 33.3 Å². The van der Waals surface area contributed by atoms with Gasteiger partial charge in [-0.1, -0.05) is 48.8 Å². The molecule has 0 fully saturated rings. The number of rotatable bonds is 20. The second-order valence-corrected chi connectivity index (χ2v) is 13.6. The Balaban J connectivity index is 1.38. The highest BCUT2D eigenvalue weighted by molar-refractivity contribution is 8.24. The molecule has 1 aliphatic rings. The quantitative estimate of drug-likeness (QED) is 0.00930. The number of nitrogens with zero attached hydrogens (tertiary/aromatic N) is 2. The minimum atomic E-state index is -0.968. The second-order valence-electron chi connectivity index (χ2n) is 11.3. The fraction of sp³-hybridized carbons (Fsp3) is 0.200. The molecule has 0 spiro atoms. The van der Waals surface area contributed by atoms with Crippen molar-refractivity contribution in [2.24, 2.45) is 0 Å². The van der Waals surface area contributed by atoms with E-state index >= 15 is 0 Å². The van der Waals surface area contributed by atoms with Gasteiger partial charge in [0.15, 0.2) is 0 Å². The monoisotopic (exact) mass is 828 g/mol. The highest BCUT2D eigenvalue weighted by atomic mass is 32.2. The van der Waals surface area contributed by atoms with E-state index < -0.39 is 30.0 Å². The Kier molecular flexibility index (Phi) is 17.1.